The average Bonchev–Trinajstić information content (AvgIpc) is 3.14. The molecule has 3 rings (SSSR count). The zero-order valence-electron chi connectivity index (χ0n) is 19.6. The second-order valence-electron chi connectivity index (χ2n) is 10.3. The Kier molecular flexibility index (Phi) is 8.19. The summed E-state index contributed by atoms with van der Waals surface area (Å²) < 4.78 is 2.37. The first-order valence-corrected chi connectivity index (χ1v) is 12.0. The Hall–Kier alpha value is -1.58. The van der Waals surface area contributed by atoms with Crippen molar-refractivity contribution in [3.63, 3.8) is 0 Å². The zero-order chi connectivity index (χ0) is 21.6. The third-order valence-corrected chi connectivity index (χ3v) is 6.66. The molecule has 1 heterocycles. The molecule has 0 amide bonds. The summed E-state index contributed by atoms with van der Waals surface area (Å²) in [6.07, 6.45) is 9.61. The SMILES string of the molecule is CC[C@H](O)CN(Cc1cccn1Cc1ccc(C(C)(C)C)cc1)CC1CCCCC1. The third kappa shape index (κ3) is 6.72. The van der Waals surface area contributed by atoms with E-state index in [0.717, 1.165) is 38.5 Å². The number of hydrogen-bond acceptors (Lipinski definition) is 2. The van der Waals surface area contributed by atoms with Crippen LogP contribution >= 0.6 is 0 Å². The second kappa shape index (κ2) is 10.6. The van der Waals surface area contributed by atoms with Gasteiger partial charge in [0.25, 0.3) is 0 Å². The van der Waals surface area contributed by atoms with Crippen molar-refractivity contribution in [3.8, 4) is 0 Å². The number of aliphatic hydroxyl groups is 1. The standard InChI is InChI=1S/C27H42N2O/c1-5-26(30)21-28(18-22-10-7-6-8-11-22)20-25-12-9-17-29(25)19-23-13-15-24(16-14-23)27(2,3)4/h9,12-17,22,26,30H,5-8,10-11,18-21H2,1-4H3/t26-/m0/s1. The molecule has 1 saturated carbocycles. The number of aromatic nitrogens is 1. The summed E-state index contributed by atoms with van der Waals surface area (Å²) in [6.45, 7) is 12.6. The van der Waals surface area contributed by atoms with Crippen molar-refractivity contribution in [1.29, 1.82) is 0 Å². The summed E-state index contributed by atoms with van der Waals surface area (Å²) in [4.78, 5) is 2.50. The van der Waals surface area contributed by atoms with E-state index in [0.29, 0.717) is 0 Å². The van der Waals surface area contributed by atoms with E-state index >= 15 is 0 Å². The van der Waals surface area contributed by atoms with Gasteiger partial charge in [-0.2, -0.15) is 0 Å². The molecule has 0 bridgehead atoms. The fourth-order valence-electron chi connectivity index (χ4n) is 4.65. The van der Waals surface area contributed by atoms with E-state index in [1.807, 2.05) is 0 Å². The Morgan fingerprint density at radius 1 is 1.07 bits per heavy atom. The van der Waals surface area contributed by atoms with Crippen LogP contribution in [0.15, 0.2) is 42.6 Å². The van der Waals surface area contributed by atoms with Gasteiger partial charge in [-0.05, 0) is 53.9 Å². The van der Waals surface area contributed by atoms with Gasteiger partial charge in [0.1, 0.15) is 0 Å². The molecule has 1 fully saturated rings. The lowest BCUT2D eigenvalue weighted by Crippen LogP contribution is -2.36. The molecule has 1 aliphatic carbocycles. The average molecular weight is 411 g/mol. The Morgan fingerprint density at radius 2 is 1.77 bits per heavy atom. The molecular formula is C27H42N2O. The number of aliphatic hydroxyl groups excluding tert-OH is 1. The van der Waals surface area contributed by atoms with Gasteiger partial charge >= 0.3 is 0 Å². The maximum Gasteiger partial charge on any atom is 0.0664 e. The molecule has 0 unspecified atom stereocenters. The van der Waals surface area contributed by atoms with E-state index in [-0.39, 0.29) is 11.5 Å². The smallest absolute Gasteiger partial charge is 0.0664 e. The molecule has 1 aliphatic rings. The van der Waals surface area contributed by atoms with Gasteiger partial charge in [0.2, 0.25) is 0 Å². The van der Waals surface area contributed by atoms with Gasteiger partial charge in [-0.3, -0.25) is 4.90 Å². The lowest BCUT2D eigenvalue weighted by atomic mass is 9.87. The van der Waals surface area contributed by atoms with Gasteiger partial charge in [-0.25, -0.2) is 0 Å². The predicted molar refractivity (Wildman–Crippen MR) is 127 cm³/mol. The highest BCUT2D eigenvalue weighted by Crippen LogP contribution is 2.26. The molecule has 30 heavy (non-hydrogen) atoms. The molecule has 166 valence electrons. The molecule has 2 aromatic rings. The summed E-state index contributed by atoms with van der Waals surface area (Å²) in [7, 11) is 0. The van der Waals surface area contributed by atoms with Crippen molar-refractivity contribution >= 4 is 0 Å². The molecule has 1 N–H and O–H groups in total. The van der Waals surface area contributed by atoms with Crippen molar-refractivity contribution in [3.05, 3.63) is 59.4 Å². The van der Waals surface area contributed by atoms with Crippen molar-refractivity contribution in [1.82, 2.24) is 9.47 Å². The van der Waals surface area contributed by atoms with Crippen LogP contribution in [0.3, 0.4) is 0 Å². The van der Waals surface area contributed by atoms with Crippen LogP contribution in [0.4, 0.5) is 0 Å². The van der Waals surface area contributed by atoms with Gasteiger partial charge in [-0.1, -0.05) is 71.2 Å². The normalized spacial score (nSPS) is 16.9. The largest absolute Gasteiger partial charge is 0.392 e. The highest BCUT2D eigenvalue weighted by molar-refractivity contribution is 5.28. The second-order valence-corrected chi connectivity index (χ2v) is 10.3. The van der Waals surface area contributed by atoms with Crippen LogP contribution in [0.2, 0.25) is 0 Å². The first-order chi connectivity index (χ1) is 14.3. The lowest BCUT2D eigenvalue weighted by molar-refractivity contribution is 0.0889. The Labute approximate surface area is 184 Å². The monoisotopic (exact) mass is 410 g/mol. The molecule has 0 saturated heterocycles. The van der Waals surface area contributed by atoms with Crippen LogP contribution in [0, 0.1) is 5.92 Å². The highest BCUT2D eigenvalue weighted by Gasteiger charge is 2.20. The Bertz CT molecular complexity index is 750. The van der Waals surface area contributed by atoms with E-state index in [1.54, 1.807) is 0 Å². The summed E-state index contributed by atoms with van der Waals surface area (Å²) in [5, 5.41) is 10.3. The van der Waals surface area contributed by atoms with Crippen molar-refractivity contribution in [2.45, 2.75) is 90.8 Å². The van der Waals surface area contributed by atoms with E-state index in [4.69, 9.17) is 0 Å². The molecule has 0 spiro atoms. The number of nitrogens with zero attached hydrogens (tertiary/aromatic N) is 2. The molecule has 1 aromatic heterocycles. The quantitative estimate of drug-likeness (QED) is 0.550. The summed E-state index contributed by atoms with van der Waals surface area (Å²) in [5.74, 6) is 0.788. The van der Waals surface area contributed by atoms with Gasteiger partial charge in [0.05, 0.1) is 6.10 Å². The minimum atomic E-state index is -0.234. The summed E-state index contributed by atoms with van der Waals surface area (Å²) in [5.41, 5.74) is 4.25. The number of hydrogen-bond donors (Lipinski definition) is 1. The van der Waals surface area contributed by atoms with Gasteiger partial charge in [0.15, 0.2) is 0 Å². The minimum Gasteiger partial charge on any atom is -0.392 e. The molecular weight excluding hydrogens is 368 g/mol. The lowest BCUT2D eigenvalue weighted by Gasteiger charge is -2.31. The molecule has 1 atom stereocenters. The van der Waals surface area contributed by atoms with Crippen molar-refractivity contribution in [2.24, 2.45) is 5.92 Å². The van der Waals surface area contributed by atoms with Crippen molar-refractivity contribution in [2.75, 3.05) is 13.1 Å². The maximum absolute atomic E-state index is 10.3. The summed E-state index contributed by atoms with van der Waals surface area (Å²) >= 11 is 0. The van der Waals surface area contributed by atoms with E-state index in [2.05, 4.69) is 79.8 Å². The van der Waals surface area contributed by atoms with Crippen LogP contribution < -0.4 is 0 Å². The first-order valence-electron chi connectivity index (χ1n) is 12.0. The number of benzene rings is 1. The van der Waals surface area contributed by atoms with Crippen molar-refractivity contribution < 1.29 is 5.11 Å². The Morgan fingerprint density at radius 3 is 2.40 bits per heavy atom. The molecule has 1 aromatic carbocycles. The van der Waals surface area contributed by atoms with E-state index < -0.39 is 0 Å². The van der Waals surface area contributed by atoms with Crippen LogP contribution in [0.5, 0.6) is 0 Å². The first kappa shape index (κ1) is 23.1. The van der Waals surface area contributed by atoms with E-state index in [9.17, 15) is 5.11 Å². The van der Waals surface area contributed by atoms with Crippen LogP contribution in [0.25, 0.3) is 0 Å². The fourth-order valence-corrected chi connectivity index (χ4v) is 4.65. The minimum absolute atomic E-state index is 0.191. The topological polar surface area (TPSA) is 28.4 Å². The van der Waals surface area contributed by atoms with Gasteiger partial charge < -0.3 is 9.67 Å². The fraction of sp³-hybridized carbons (Fsp3) is 0.630. The Balaban J connectivity index is 1.67. The van der Waals surface area contributed by atoms with Crippen LogP contribution in [-0.2, 0) is 18.5 Å². The molecule has 3 heteroatoms. The highest BCUT2D eigenvalue weighted by atomic mass is 16.3. The van der Waals surface area contributed by atoms with Gasteiger partial charge in [0, 0.05) is 38.1 Å². The van der Waals surface area contributed by atoms with Crippen LogP contribution in [0.1, 0.15) is 83.0 Å². The molecule has 0 aliphatic heterocycles. The molecule has 0 radical (unpaired) electrons. The maximum atomic E-state index is 10.3. The zero-order valence-corrected chi connectivity index (χ0v) is 19.6. The predicted octanol–water partition coefficient (Wildman–Crippen LogP) is 5.99. The number of rotatable bonds is 9. The van der Waals surface area contributed by atoms with Crippen LogP contribution in [-0.4, -0.2) is 33.8 Å². The van der Waals surface area contributed by atoms with E-state index in [1.165, 1.54) is 48.9 Å². The third-order valence-electron chi connectivity index (χ3n) is 6.66. The molecule has 3 nitrogen and oxygen atoms in total. The summed E-state index contributed by atoms with van der Waals surface area (Å²) in [6, 6.07) is 13.5. The van der Waals surface area contributed by atoms with Gasteiger partial charge in [-0.15, -0.1) is 0 Å².